The first kappa shape index (κ1) is 17.4. The molecular weight excluding hydrogens is 325 g/mol. The van der Waals surface area contributed by atoms with E-state index in [2.05, 4.69) is 17.1 Å². The summed E-state index contributed by atoms with van der Waals surface area (Å²) >= 11 is 0. The summed E-state index contributed by atoms with van der Waals surface area (Å²) in [5.41, 5.74) is 0.487. The van der Waals surface area contributed by atoms with Gasteiger partial charge >= 0.3 is 0 Å². The number of aromatic nitrogens is 1. The number of likely N-dealkylation sites (tertiary alicyclic amines) is 1. The van der Waals surface area contributed by atoms with Crippen molar-refractivity contribution in [2.24, 2.45) is 0 Å². The van der Waals surface area contributed by atoms with Gasteiger partial charge in [-0.25, -0.2) is 4.39 Å². The second kappa shape index (κ2) is 7.65. The first-order valence-corrected chi connectivity index (χ1v) is 8.32. The molecule has 0 atom stereocenters. The molecule has 0 unspecified atom stereocenters. The Labute approximate surface area is 146 Å². The highest BCUT2D eigenvalue weighted by Crippen LogP contribution is 2.23. The molecule has 0 aliphatic carbocycles. The zero-order valence-corrected chi connectivity index (χ0v) is 14.4. The standard InChI is InChI=1S/C18H22FN3O3/c1-21-9-7-14(8-10-21)22(12-13-5-3-4-6-15(13)19)18(23)16-11-17(24-2)20-25-16/h3-6,11,14H,7-10,12H2,1-2H3. The first-order valence-electron chi connectivity index (χ1n) is 8.32. The number of methoxy groups -OCH3 is 1. The van der Waals surface area contributed by atoms with Gasteiger partial charge in [0.05, 0.1) is 13.2 Å². The largest absolute Gasteiger partial charge is 0.479 e. The van der Waals surface area contributed by atoms with Crippen LogP contribution in [-0.2, 0) is 6.54 Å². The van der Waals surface area contributed by atoms with E-state index >= 15 is 0 Å². The number of rotatable bonds is 5. The molecule has 1 saturated heterocycles. The van der Waals surface area contributed by atoms with Crippen molar-refractivity contribution < 1.29 is 18.4 Å². The molecule has 2 aromatic rings. The molecule has 134 valence electrons. The van der Waals surface area contributed by atoms with E-state index in [-0.39, 0.29) is 36.0 Å². The van der Waals surface area contributed by atoms with Gasteiger partial charge in [0.2, 0.25) is 5.76 Å². The third-order valence-corrected chi connectivity index (χ3v) is 4.60. The third kappa shape index (κ3) is 3.99. The molecule has 0 bridgehead atoms. The molecule has 0 spiro atoms. The van der Waals surface area contributed by atoms with Crippen LogP contribution in [0.3, 0.4) is 0 Å². The number of carbonyl (C=O) groups excluding carboxylic acids is 1. The molecule has 1 aromatic carbocycles. The number of carbonyl (C=O) groups is 1. The number of halogens is 1. The van der Waals surface area contributed by atoms with Gasteiger partial charge in [-0.3, -0.25) is 4.79 Å². The SMILES string of the molecule is COc1cc(C(=O)N(Cc2ccccc2F)C2CCN(C)CC2)on1. The lowest BCUT2D eigenvalue weighted by atomic mass is 10.0. The molecule has 1 aliphatic rings. The summed E-state index contributed by atoms with van der Waals surface area (Å²) in [6, 6.07) is 8.01. The van der Waals surface area contributed by atoms with Crippen molar-refractivity contribution in [1.29, 1.82) is 0 Å². The summed E-state index contributed by atoms with van der Waals surface area (Å²) in [6.07, 6.45) is 1.67. The van der Waals surface area contributed by atoms with Gasteiger partial charge in [0.25, 0.3) is 11.8 Å². The Balaban J connectivity index is 1.85. The van der Waals surface area contributed by atoms with Gasteiger partial charge in [0, 0.05) is 18.2 Å². The molecule has 0 saturated carbocycles. The van der Waals surface area contributed by atoms with Crippen molar-refractivity contribution >= 4 is 5.91 Å². The predicted molar refractivity (Wildman–Crippen MR) is 89.8 cm³/mol. The normalized spacial score (nSPS) is 16.0. The van der Waals surface area contributed by atoms with Crippen LogP contribution >= 0.6 is 0 Å². The molecule has 25 heavy (non-hydrogen) atoms. The number of ether oxygens (including phenoxy) is 1. The molecule has 1 amide bonds. The maximum Gasteiger partial charge on any atom is 0.293 e. The zero-order chi connectivity index (χ0) is 17.8. The quantitative estimate of drug-likeness (QED) is 0.832. The van der Waals surface area contributed by atoms with Crippen LogP contribution in [-0.4, -0.2) is 54.2 Å². The fraction of sp³-hybridized carbons (Fsp3) is 0.444. The van der Waals surface area contributed by atoms with Crippen LogP contribution in [0, 0.1) is 5.82 Å². The van der Waals surface area contributed by atoms with Crippen LogP contribution < -0.4 is 4.74 Å². The number of amides is 1. The van der Waals surface area contributed by atoms with Gasteiger partial charge in [0.1, 0.15) is 5.82 Å². The highest BCUT2D eigenvalue weighted by Gasteiger charge is 2.30. The highest BCUT2D eigenvalue weighted by molar-refractivity contribution is 5.91. The van der Waals surface area contributed by atoms with E-state index in [0.29, 0.717) is 5.56 Å². The molecule has 2 heterocycles. The van der Waals surface area contributed by atoms with Crippen LogP contribution in [0.1, 0.15) is 29.0 Å². The Bertz CT molecular complexity index is 726. The second-order valence-corrected chi connectivity index (χ2v) is 6.29. The average molecular weight is 347 g/mol. The van der Waals surface area contributed by atoms with Crippen molar-refractivity contribution in [3.8, 4) is 5.88 Å². The smallest absolute Gasteiger partial charge is 0.293 e. The van der Waals surface area contributed by atoms with E-state index in [0.717, 1.165) is 25.9 Å². The number of piperidine rings is 1. The molecular formula is C18H22FN3O3. The Morgan fingerprint density at radius 2 is 2.12 bits per heavy atom. The van der Waals surface area contributed by atoms with Crippen molar-refractivity contribution in [1.82, 2.24) is 15.0 Å². The molecule has 6 nitrogen and oxygen atoms in total. The van der Waals surface area contributed by atoms with Crippen molar-refractivity contribution in [3.63, 3.8) is 0 Å². The number of hydrogen-bond donors (Lipinski definition) is 0. The topological polar surface area (TPSA) is 58.8 Å². The molecule has 1 fully saturated rings. The Morgan fingerprint density at radius 1 is 1.40 bits per heavy atom. The van der Waals surface area contributed by atoms with Gasteiger partial charge in [-0.2, -0.15) is 0 Å². The van der Waals surface area contributed by atoms with Gasteiger partial charge in [-0.1, -0.05) is 18.2 Å². The predicted octanol–water partition coefficient (Wildman–Crippen LogP) is 2.56. The van der Waals surface area contributed by atoms with Crippen LogP contribution in [0.15, 0.2) is 34.9 Å². The third-order valence-electron chi connectivity index (χ3n) is 4.60. The van der Waals surface area contributed by atoms with Crippen LogP contribution in [0.4, 0.5) is 4.39 Å². The minimum Gasteiger partial charge on any atom is -0.479 e. The Morgan fingerprint density at radius 3 is 2.76 bits per heavy atom. The highest BCUT2D eigenvalue weighted by atomic mass is 19.1. The minimum absolute atomic E-state index is 0.0272. The van der Waals surface area contributed by atoms with E-state index in [4.69, 9.17) is 9.26 Å². The monoisotopic (exact) mass is 347 g/mol. The maximum absolute atomic E-state index is 14.1. The number of hydrogen-bond acceptors (Lipinski definition) is 5. The Hall–Kier alpha value is -2.41. The molecule has 3 rings (SSSR count). The molecule has 0 N–H and O–H groups in total. The fourth-order valence-electron chi connectivity index (χ4n) is 3.08. The van der Waals surface area contributed by atoms with Gasteiger partial charge < -0.3 is 19.1 Å². The van der Waals surface area contributed by atoms with E-state index in [1.54, 1.807) is 23.1 Å². The van der Waals surface area contributed by atoms with E-state index < -0.39 is 0 Å². The van der Waals surface area contributed by atoms with Gasteiger partial charge in [-0.15, -0.1) is 0 Å². The summed E-state index contributed by atoms with van der Waals surface area (Å²) in [4.78, 5) is 16.9. The molecule has 1 aromatic heterocycles. The van der Waals surface area contributed by atoms with Crippen molar-refractivity contribution in [3.05, 3.63) is 47.5 Å². The lowest BCUT2D eigenvalue weighted by Gasteiger charge is -2.37. The number of benzene rings is 1. The van der Waals surface area contributed by atoms with Crippen LogP contribution in [0.2, 0.25) is 0 Å². The lowest BCUT2D eigenvalue weighted by Crippen LogP contribution is -2.46. The van der Waals surface area contributed by atoms with E-state index in [1.807, 2.05) is 0 Å². The fourth-order valence-corrected chi connectivity index (χ4v) is 3.08. The van der Waals surface area contributed by atoms with Crippen molar-refractivity contribution in [2.45, 2.75) is 25.4 Å². The summed E-state index contributed by atoms with van der Waals surface area (Å²) in [7, 11) is 3.51. The van der Waals surface area contributed by atoms with E-state index in [9.17, 15) is 9.18 Å². The molecule has 1 aliphatic heterocycles. The van der Waals surface area contributed by atoms with Crippen LogP contribution in [0.25, 0.3) is 0 Å². The van der Waals surface area contributed by atoms with Gasteiger partial charge in [-0.05, 0) is 44.2 Å². The van der Waals surface area contributed by atoms with Crippen molar-refractivity contribution in [2.75, 3.05) is 27.2 Å². The summed E-state index contributed by atoms with van der Waals surface area (Å²) in [6.45, 7) is 1.99. The zero-order valence-electron chi connectivity index (χ0n) is 14.4. The first-order chi connectivity index (χ1) is 12.1. The minimum atomic E-state index is -0.316. The second-order valence-electron chi connectivity index (χ2n) is 6.29. The van der Waals surface area contributed by atoms with Gasteiger partial charge in [0.15, 0.2) is 0 Å². The van der Waals surface area contributed by atoms with E-state index in [1.165, 1.54) is 19.2 Å². The van der Waals surface area contributed by atoms with Crippen LogP contribution in [0.5, 0.6) is 5.88 Å². The molecule has 7 heteroatoms. The Kier molecular flexibility index (Phi) is 5.33. The maximum atomic E-state index is 14.1. The summed E-state index contributed by atoms with van der Waals surface area (Å²) < 4.78 is 24.2. The average Bonchev–Trinajstić information content (AvgIpc) is 3.11. The molecule has 0 radical (unpaired) electrons. The number of nitrogens with zero attached hydrogens (tertiary/aromatic N) is 3. The summed E-state index contributed by atoms with van der Waals surface area (Å²) in [5, 5.41) is 3.69. The lowest BCUT2D eigenvalue weighted by molar-refractivity contribution is 0.0526. The summed E-state index contributed by atoms with van der Waals surface area (Å²) in [5.74, 6) is -0.262.